The molecule has 0 spiro atoms. The first-order chi connectivity index (χ1) is 6.02. The van der Waals surface area contributed by atoms with Crippen molar-refractivity contribution < 1.29 is 4.79 Å². The van der Waals surface area contributed by atoms with Crippen LogP contribution in [0.4, 0.5) is 0 Å². The van der Waals surface area contributed by atoms with Crippen LogP contribution in [0.1, 0.15) is 21.5 Å². The second-order valence-electron chi connectivity index (χ2n) is 2.98. The molecule has 0 heterocycles. The van der Waals surface area contributed by atoms with Crippen LogP contribution < -0.4 is 0 Å². The fraction of sp³-hybridized carbons (Fsp3) is 0.300. The number of rotatable bonds is 2. The van der Waals surface area contributed by atoms with Gasteiger partial charge in [-0.2, -0.15) is 0 Å². The Kier molecular flexibility index (Phi) is 3.51. The molecule has 0 aliphatic rings. The minimum absolute atomic E-state index is 0.0841. The van der Waals surface area contributed by atoms with Crippen LogP contribution in [0.5, 0.6) is 0 Å². The van der Waals surface area contributed by atoms with Crippen molar-refractivity contribution >= 4 is 33.3 Å². The van der Waals surface area contributed by atoms with Crippen molar-refractivity contribution in [2.45, 2.75) is 18.1 Å². The van der Waals surface area contributed by atoms with Gasteiger partial charge in [0.25, 0.3) is 0 Å². The van der Waals surface area contributed by atoms with E-state index in [-0.39, 0.29) is 5.78 Å². The summed E-state index contributed by atoms with van der Waals surface area (Å²) >= 11 is 8.69. The molecule has 13 heavy (non-hydrogen) atoms. The van der Waals surface area contributed by atoms with E-state index in [1.807, 2.05) is 32.0 Å². The minimum atomic E-state index is -0.631. The highest BCUT2D eigenvalue weighted by atomic mass is 79.9. The van der Waals surface area contributed by atoms with Crippen LogP contribution in [0.25, 0.3) is 0 Å². The molecular weight excluding hydrogens is 251 g/mol. The topological polar surface area (TPSA) is 17.1 Å². The number of alkyl halides is 2. The van der Waals surface area contributed by atoms with E-state index in [0.717, 1.165) is 11.1 Å². The Morgan fingerprint density at radius 3 is 2.54 bits per heavy atom. The molecule has 0 fully saturated rings. The molecule has 0 N–H and O–H groups in total. The first-order valence-corrected chi connectivity index (χ1v) is 5.27. The highest BCUT2D eigenvalue weighted by Gasteiger charge is 2.15. The van der Waals surface area contributed by atoms with Gasteiger partial charge in [0.15, 0.2) is 10.1 Å². The third-order valence-corrected chi connectivity index (χ3v) is 2.46. The van der Waals surface area contributed by atoms with E-state index in [0.29, 0.717) is 5.56 Å². The number of aryl methyl sites for hydroxylation is 2. The zero-order valence-electron chi connectivity index (χ0n) is 7.47. The van der Waals surface area contributed by atoms with Crippen LogP contribution in [0.3, 0.4) is 0 Å². The van der Waals surface area contributed by atoms with Crippen LogP contribution in [0, 0.1) is 13.8 Å². The summed E-state index contributed by atoms with van der Waals surface area (Å²) in [6, 6.07) is 5.69. The Balaban J connectivity index is 3.09. The van der Waals surface area contributed by atoms with Crippen LogP contribution in [0.2, 0.25) is 0 Å². The maximum absolute atomic E-state index is 11.5. The van der Waals surface area contributed by atoms with Gasteiger partial charge in [-0.15, -0.1) is 11.6 Å². The number of carbonyl (C=O) groups is 1. The van der Waals surface area contributed by atoms with Gasteiger partial charge in [0.2, 0.25) is 0 Å². The lowest BCUT2D eigenvalue weighted by molar-refractivity contribution is 0.101. The van der Waals surface area contributed by atoms with E-state index in [9.17, 15) is 4.79 Å². The molecule has 0 aliphatic carbocycles. The van der Waals surface area contributed by atoms with Gasteiger partial charge < -0.3 is 0 Å². The zero-order chi connectivity index (χ0) is 10.0. The van der Waals surface area contributed by atoms with Crippen molar-refractivity contribution in [1.29, 1.82) is 0 Å². The number of ketones is 1. The molecule has 0 saturated heterocycles. The highest BCUT2D eigenvalue weighted by Crippen LogP contribution is 2.17. The fourth-order valence-electron chi connectivity index (χ4n) is 1.21. The van der Waals surface area contributed by atoms with Gasteiger partial charge in [0, 0.05) is 5.56 Å². The summed E-state index contributed by atoms with van der Waals surface area (Å²) in [5, 5.41) is 0. The smallest absolute Gasteiger partial charge is 0.191 e. The van der Waals surface area contributed by atoms with Gasteiger partial charge in [-0.1, -0.05) is 39.7 Å². The average Bonchev–Trinajstić information content (AvgIpc) is 2.03. The monoisotopic (exact) mass is 260 g/mol. The van der Waals surface area contributed by atoms with Gasteiger partial charge >= 0.3 is 0 Å². The number of Topliss-reactive ketones (excluding diaryl/α,β-unsaturated/α-hetero) is 1. The minimum Gasteiger partial charge on any atom is -0.292 e. The highest BCUT2D eigenvalue weighted by molar-refractivity contribution is 9.10. The van der Waals surface area contributed by atoms with Gasteiger partial charge in [0.05, 0.1) is 0 Å². The van der Waals surface area contributed by atoms with Crippen molar-refractivity contribution in [3.63, 3.8) is 0 Å². The van der Waals surface area contributed by atoms with Crippen molar-refractivity contribution in [3.05, 3.63) is 34.9 Å². The van der Waals surface area contributed by atoms with Crippen LogP contribution in [0.15, 0.2) is 18.2 Å². The molecule has 0 amide bonds. The summed E-state index contributed by atoms with van der Waals surface area (Å²) in [7, 11) is 0. The third-order valence-electron chi connectivity index (χ3n) is 1.85. The lowest BCUT2D eigenvalue weighted by Gasteiger charge is -2.05. The number of hydrogen-bond donors (Lipinski definition) is 0. The van der Waals surface area contributed by atoms with Crippen LogP contribution in [-0.4, -0.2) is 10.1 Å². The van der Waals surface area contributed by atoms with Crippen molar-refractivity contribution in [2.75, 3.05) is 0 Å². The maximum Gasteiger partial charge on any atom is 0.191 e. The Bertz CT molecular complexity index is 334. The SMILES string of the molecule is Cc1ccc(C(=O)C(Cl)Br)c(C)c1. The molecular formula is C10H10BrClO. The molecule has 1 rings (SSSR count). The summed E-state index contributed by atoms with van der Waals surface area (Å²) in [4.78, 5) is 11.5. The third kappa shape index (κ3) is 2.55. The lowest BCUT2D eigenvalue weighted by atomic mass is 10.0. The van der Waals surface area contributed by atoms with Gasteiger partial charge in [-0.3, -0.25) is 4.79 Å². The number of halogens is 2. The fourth-order valence-corrected chi connectivity index (χ4v) is 1.57. The van der Waals surface area contributed by atoms with Gasteiger partial charge in [-0.05, 0) is 19.4 Å². The summed E-state index contributed by atoms with van der Waals surface area (Å²) < 4.78 is -0.631. The summed E-state index contributed by atoms with van der Waals surface area (Å²) in [6.45, 7) is 3.90. The molecule has 0 aromatic heterocycles. The molecule has 1 atom stereocenters. The maximum atomic E-state index is 11.5. The van der Waals surface area contributed by atoms with E-state index >= 15 is 0 Å². The second-order valence-corrected chi connectivity index (χ2v) is 4.86. The molecule has 0 radical (unpaired) electrons. The lowest BCUT2D eigenvalue weighted by Crippen LogP contribution is -2.09. The first-order valence-electron chi connectivity index (χ1n) is 3.92. The van der Waals surface area contributed by atoms with Crippen LogP contribution in [-0.2, 0) is 0 Å². The molecule has 1 unspecified atom stereocenters. The Morgan fingerprint density at radius 2 is 2.08 bits per heavy atom. The van der Waals surface area contributed by atoms with E-state index < -0.39 is 4.29 Å². The molecule has 1 aromatic carbocycles. The number of benzene rings is 1. The van der Waals surface area contributed by atoms with E-state index in [1.165, 1.54) is 0 Å². The molecule has 0 bridgehead atoms. The quantitative estimate of drug-likeness (QED) is 0.589. The molecule has 0 saturated carbocycles. The van der Waals surface area contributed by atoms with Crippen LogP contribution >= 0.6 is 27.5 Å². The standard InChI is InChI=1S/C10H10BrClO/c1-6-3-4-8(7(2)5-6)9(13)10(11)12/h3-5,10H,1-2H3. The molecule has 1 aromatic rings. The van der Waals surface area contributed by atoms with E-state index in [4.69, 9.17) is 11.6 Å². The van der Waals surface area contributed by atoms with E-state index in [2.05, 4.69) is 15.9 Å². The Morgan fingerprint density at radius 1 is 1.46 bits per heavy atom. The van der Waals surface area contributed by atoms with E-state index in [1.54, 1.807) is 0 Å². The van der Waals surface area contributed by atoms with Gasteiger partial charge in [0.1, 0.15) is 0 Å². The zero-order valence-corrected chi connectivity index (χ0v) is 9.82. The van der Waals surface area contributed by atoms with Gasteiger partial charge in [-0.25, -0.2) is 0 Å². The summed E-state index contributed by atoms with van der Waals surface area (Å²) in [6.07, 6.45) is 0. The Labute approximate surface area is 91.2 Å². The normalized spacial score (nSPS) is 12.6. The molecule has 0 aliphatic heterocycles. The predicted molar refractivity (Wildman–Crippen MR) is 58.8 cm³/mol. The van der Waals surface area contributed by atoms with Crippen molar-refractivity contribution in [3.8, 4) is 0 Å². The largest absolute Gasteiger partial charge is 0.292 e. The summed E-state index contributed by atoms with van der Waals surface area (Å²) in [5.41, 5.74) is 2.80. The van der Waals surface area contributed by atoms with Crippen molar-refractivity contribution in [2.24, 2.45) is 0 Å². The number of hydrogen-bond acceptors (Lipinski definition) is 1. The Hall–Kier alpha value is -0.340. The molecule has 70 valence electrons. The summed E-state index contributed by atoms with van der Waals surface area (Å²) in [5.74, 6) is -0.0841. The van der Waals surface area contributed by atoms with Crippen molar-refractivity contribution in [1.82, 2.24) is 0 Å². The second kappa shape index (κ2) is 4.25. The molecule has 3 heteroatoms. The number of carbonyl (C=O) groups excluding carboxylic acids is 1. The average molecular weight is 262 g/mol. The first kappa shape index (κ1) is 10.7. The predicted octanol–water partition coefficient (Wildman–Crippen LogP) is 3.45. The molecule has 1 nitrogen and oxygen atoms in total.